The van der Waals surface area contributed by atoms with Crippen molar-refractivity contribution >= 4 is 17.6 Å². The van der Waals surface area contributed by atoms with Gasteiger partial charge < -0.3 is 15.8 Å². The molecule has 0 spiro atoms. The van der Waals surface area contributed by atoms with Crippen LogP contribution in [0.2, 0.25) is 0 Å². The van der Waals surface area contributed by atoms with Crippen LogP contribution in [0.3, 0.4) is 0 Å². The first-order valence-corrected chi connectivity index (χ1v) is 6.22. The number of nitrogens with two attached hydrogens (primary N) is 1. The molecule has 1 aliphatic rings. The number of nitrogens with one attached hydrogen (secondary N) is 2. The van der Waals surface area contributed by atoms with Gasteiger partial charge in [0.05, 0.1) is 5.69 Å². The third kappa shape index (κ3) is 2.12. The second-order valence-electron chi connectivity index (χ2n) is 4.60. The molecule has 7 nitrogen and oxygen atoms in total. The highest BCUT2D eigenvalue weighted by Gasteiger charge is 2.32. The summed E-state index contributed by atoms with van der Waals surface area (Å²) in [5.74, 6) is -3.28. The number of nitrogens with zero attached hydrogens (tertiary/aromatic N) is 2. The molecule has 1 aromatic carbocycles. The number of aromatic nitrogens is 1. The van der Waals surface area contributed by atoms with Crippen LogP contribution in [-0.2, 0) is 0 Å². The van der Waals surface area contributed by atoms with Gasteiger partial charge in [0.1, 0.15) is 11.9 Å². The zero-order chi connectivity index (χ0) is 15.9. The van der Waals surface area contributed by atoms with Gasteiger partial charge in [0.15, 0.2) is 11.6 Å². The molecule has 0 fully saturated rings. The number of H-pyrrole nitrogens is 1. The maximum Gasteiger partial charge on any atom is 0.352 e. The minimum atomic E-state index is -1.14. The van der Waals surface area contributed by atoms with Crippen LogP contribution in [0.15, 0.2) is 35.6 Å². The number of aromatic carboxylic acids is 1. The average molecular weight is 307 g/mol. The standard InChI is InChI=1S/C13H11F2N5O2/c14-7-2-1-3-9(10(7)15)20-11(18-19-13(20)16)6-4-8(12(21)22)17-5-6/h1-5,11,17-18H,(H2,16,19)(H,21,22). The fraction of sp³-hybridized carbons (Fsp3) is 0.0769. The summed E-state index contributed by atoms with van der Waals surface area (Å²) in [4.78, 5) is 14.7. The molecule has 0 radical (unpaired) electrons. The van der Waals surface area contributed by atoms with E-state index in [9.17, 15) is 13.6 Å². The molecule has 1 aliphatic heterocycles. The highest BCUT2D eigenvalue weighted by molar-refractivity contribution is 5.97. The zero-order valence-electron chi connectivity index (χ0n) is 11.0. The van der Waals surface area contributed by atoms with Crippen LogP contribution in [0.1, 0.15) is 22.2 Å². The van der Waals surface area contributed by atoms with Gasteiger partial charge in [0.25, 0.3) is 0 Å². The smallest absolute Gasteiger partial charge is 0.352 e. The molecule has 0 bridgehead atoms. The van der Waals surface area contributed by atoms with Gasteiger partial charge in [0.2, 0.25) is 5.96 Å². The zero-order valence-corrected chi connectivity index (χ0v) is 11.0. The third-order valence-electron chi connectivity index (χ3n) is 3.25. The van der Waals surface area contributed by atoms with Crippen molar-refractivity contribution < 1.29 is 18.7 Å². The normalized spacial score (nSPS) is 17.3. The van der Waals surface area contributed by atoms with Crippen molar-refractivity contribution in [1.82, 2.24) is 10.4 Å². The molecule has 0 amide bonds. The van der Waals surface area contributed by atoms with E-state index in [0.717, 1.165) is 6.07 Å². The van der Waals surface area contributed by atoms with Gasteiger partial charge in [-0.2, -0.15) is 0 Å². The van der Waals surface area contributed by atoms with Crippen LogP contribution < -0.4 is 16.1 Å². The van der Waals surface area contributed by atoms with Gasteiger partial charge >= 0.3 is 5.97 Å². The number of carbonyl (C=O) groups is 1. The number of anilines is 1. The third-order valence-corrected chi connectivity index (χ3v) is 3.25. The SMILES string of the molecule is NC1=NNC(c2c[nH]c(C(=O)O)c2)N1c1cccc(F)c1F. The molecule has 0 saturated carbocycles. The number of carboxylic acid groups (broad SMARTS) is 1. The van der Waals surface area contributed by atoms with E-state index in [4.69, 9.17) is 10.8 Å². The Balaban J connectivity index is 2.01. The van der Waals surface area contributed by atoms with Gasteiger partial charge in [-0.3, -0.25) is 10.3 Å². The highest BCUT2D eigenvalue weighted by Crippen LogP contribution is 2.31. The topological polar surface area (TPSA) is 107 Å². The van der Waals surface area contributed by atoms with E-state index in [1.807, 2.05) is 0 Å². The molecular weight excluding hydrogens is 296 g/mol. The molecule has 0 aliphatic carbocycles. The van der Waals surface area contributed by atoms with E-state index < -0.39 is 23.8 Å². The Morgan fingerprint density at radius 3 is 2.86 bits per heavy atom. The van der Waals surface area contributed by atoms with Gasteiger partial charge in [-0.25, -0.2) is 13.6 Å². The van der Waals surface area contributed by atoms with E-state index in [1.165, 1.54) is 29.3 Å². The predicted molar refractivity (Wildman–Crippen MR) is 74.1 cm³/mol. The molecule has 1 atom stereocenters. The van der Waals surface area contributed by atoms with E-state index in [2.05, 4.69) is 15.5 Å². The molecule has 114 valence electrons. The monoisotopic (exact) mass is 307 g/mol. The van der Waals surface area contributed by atoms with Gasteiger partial charge in [-0.15, -0.1) is 5.10 Å². The van der Waals surface area contributed by atoms with Crippen LogP contribution in [0.4, 0.5) is 14.5 Å². The summed E-state index contributed by atoms with van der Waals surface area (Å²) in [5, 5.41) is 12.7. The number of hydrogen-bond donors (Lipinski definition) is 4. The quantitative estimate of drug-likeness (QED) is 0.684. The van der Waals surface area contributed by atoms with Crippen molar-refractivity contribution in [3.63, 3.8) is 0 Å². The molecule has 5 N–H and O–H groups in total. The summed E-state index contributed by atoms with van der Waals surface area (Å²) in [7, 11) is 0. The molecule has 1 aromatic heterocycles. The van der Waals surface area contributed by atoms with Crippen LogP contribution in [-0.4, -0.2) is 22.0 Å². The first-order valence-electron chi connectivity index (χ1n) is 6.22. The predicted octanol–water partition coefficient (Wildman–Crippen LogP) is 1.33. The van der Waals surface area contributed by atoms with E-state index in [-0.39, 0.29) is 17.3 Å². The maximum atomic E-state index is 14.0. The fourth-order valence-corrected chi connectivity index (χ4v) is 2.23. The molecule has 3 rings (SSSR count). The second kappa shape index (κ2) is 5.02. The summed E-state index contributed by atoms with van der Waals surface area (Å²) in [5.41, 5.74) is 8.70. The van der Waals surface area contributed by atoms with Crippen LogP contribution in [0.25, 0.3) is 0 Å². The Bertz CT molecular complexity index is 774. The Morgan fingerprint density at radius 1 is 1.41 bits per heavy atom. The summed E-state index contributed by atoms with van der Waals surface area (Å²) in [6.07, 6.45) is 0.681. The van der Waals surface area contributed by atoms with E-state index in [1.54, 1.807) is 0 Å². The van der Waals surface area contributed by atoms with Crippen molar-refractivity contribution in [2.75, 3.05) is 4.90 Å². The van der Waals surface area contributed by atoms with Gasteiger partial charge in [-0.05, 0) is 18.2 Å². The van der Waals surface area contributed by atoms with Crippen molar-refractivity contribution in [3.05, 3.63) is 53.4 Å². The molecule has 2 aromatic rings. The first kappa shape index (κ1) is 13.9. The minimum Gasteiger partial charge on any atom is -0.477 e. The van der Waals surface area contributed by atoms with Gasteiger partial charge in [-0.1, -0.05) is 6.07 Å². The lowest BCUT2D eigenvalue weighted by molar-refractivity contribution is 0.0691. The Labute approximate surface area is 123 Å². The van der Waals surface area contributed by atoms with Gasteiger partial charge in [0, 0.05) is 11.8 Å². The minimum absolute atomic E-state index is 0.0399. The number of guanidine groups is 1. The summed E-state index contributed by atoms with van der Waals surface area (Å²) >= 11 is 0. The number of aromatic amines is 1. The lowest BCUT2D eigenvalue weighted by Gasteiger charge is -2.25. The van der Waals surface area contributed by atoms with Crippen molar-refractivity contribution in [2.24, 2.45) is 10.8 Å². The number of benzene rings is 1. The van der Waals surface area contributed by atoms with Crippen molar-refractivity contribution in [1.29, 1.82) is 0 Å². The number of hydrazone groups is 1. The number of rotatable bonds is 3. The number of carboxylic acids is 1. The number of hydrogen-bond acceptors (Lipinski definition) is 5. The Morgan fingerprint density at radius 2 is 2.18 bits per heavy atom. The summed E-state index contributed by atoms with van der Waals surface area (Å²) < 4.78 is 27.4. The molecule has 1 unspecified atom stereocenters. The molecule has 2 heterocycles. The second-order valence-corrected chi connectivity index (χ2v) is 4.60. The summed E-state index contributed by atoms with van der Waals surface area (Å²) in [6.45, 7) is 0. The average Bonchev–Trinajstić information content (AvgIpc) is 3.09. The summed E-state index contributed by atoms with van der Waals surface area (Å²) in [6, 6.07) is 5.05. The largest absolute Gasteiger partial charge is 0.477 e. The Kier molecular flexibility index (Phi) is 3.17. The molecule has 0 saturated heterocycles. The lowest BCUT2D eigenvalue weighted by atomic mass is 10.2. The van der Waals surface area contributed by atoms with Crippen molar-refractivity contribution in [2.45, 2.75) is 6.17 Å². The number of halogens is 2. The fourth-order valence-electron chi connectivity index (χ4n) is 2.23. The maximum absolute atomic E-state index is 14.0. The van der Waals surface area contributed by atoms with Crippen molar-refractivity contribution in [3.8, 4) is 0 Å². The first-order chi connectivity index (χ1) is 10.5. The highest BCUT2D eigenvalue weighted by atomic mass is 19.2. The molecular formula is C13H11F2N5O2. The Hall–Kier alpha value is -3.10. The van der Waals surface area contributed by atoms with Crippen LogP contribution in [0.5, 0.6) is 0 Å². The molecule has 22 heavy (non-hydrogen) atoms. The van der Waals surface area contributed by atoms with E-state index in [0.29, 0.717) is 5.56 Å². The lowest BCUT2D eigenvalue weighted by Crippen LogP contribution is -2.38. The van der Waals surface area contributed by atoms with Crippen LogP contribution in [0, 0.1) is 11.6 Å². The van der Waals surface area contributed by atoms with Crippen LogP contribution >= 0.6 is 0 Å². The van der Waals surface area contributed by atoms with E-state index >= 15 is 0 Å². The molecule has 9 heteroatoms.